The van der Waals surface area contributed by atoms with Crippen molar-refractivity contribution in [3.8, 4) is 12.3 Å². The van der Waals surface area contributed by atoms with Crippen LogP contribution in [-0.4, -0.2) is 40.1 Å². The SMILES string of the molecule is C#CCN(CC(=O)O)C(=O)NC(C)c1nccs1. The number of terminal acetylenes is 1. The monoisotopic (exact) mass is 267 g/mol. The van der Waals surface area contributed by atoms with E-state index in [1.54, 1.807) is 18.5 Å². The number of hydrogen-bond donors (Lipinski definition) is 2. The Balaban J connectivity index is 2.61. The molecule has 2 amide bonds. The van der Waals surface area contributed by atoms with Crippen molar-refractivity contribution in [3.05, 3.63) is 16.6 Å². The molecular formula is C11H13N3O3S. The van der Waals surface area contributed by atoms with Crippen LogP contribution in [0.5, 0.6) is 0 Å². The lowest BCUT2D eigenvalue weighted by atomic mass is 10.3. The molecule has 2 N–H and O–H groups in total. The number of hydrogen-bond acceptors (Lipinski definition) is 4. The summed E-state index contributed by atoms with van der Waals surface area (Å²) in [7, 11) is 0. The number of carboxylic acid groups (broad SMARTS) is 1. The Kier molecular flexibility index (Phi) is 5.14. The van der Waals surface area contributed by atoms with Gasteiger partial charge in [0.2, 0.25) is 0 Å². The van der Waals surface area contributed by atoms with Crippen molar-refractivity contribution in [2.75, 3.05) is 13.1 Å². The Morgan fingerprint density at radius 3 is 2.94 bits per heavy atom. The number of thiazole rings is 1. The Bertz CT molecular complexity index is 453. The largest absolute Gasteiger partial charge is 0.480 e. The third-order valence-corrected chi connectivity index (χ3v) is 3.02. The third-order valence-electron chi connectivity index (χ3n) is 2.06. The van der Waals surface area contributed by atoms with Gasteiger partial charge >= 0.3 is 12.0 Å². The van der Waals surface area contributed by atoms with Crippen molar-refractivity contribution in [1.82, 2.24) is 15.2 Å². The predicted octanol–water partition coefficient (Wildman–Crippen LogP) is 0.933. The second kappa shape index (κ2) is 6.61. The fourth-order valence-electron chi connectivity index (χ4n) is 1.26. The second-order valence-electron chi connectivity index (χ2n) is 3.50. The highest BCUT2D eigenvalue weighted by Gasteiger charge is 2.19. The Morgan fingerprint density at radius 2 is 2.44 bits per heavy atom. The smallest absolute Gasteiger partial charge is 0.323 e. The Hall–Kier alpha value is -2.07. The van der Waals surface area contributed by atoms with E-state index in [1.807, 2.05) is 0 Å². The first-order valence-electron chi connectivity index (χ1n) is 5.14. The molecule has 1 atom stereocenters. The molecule has 0 saturated carbocycles. The van der Waals surface area contributed by atoms with Gasteiger partial charge in [-0.05, 0) is 6.92 Å². The van der Waals surface area contributed by atoms with Gasteiger partial charge in [0, 0.05) is 11.6 Å². The van der Waals surface area contributed by atoms with E-state index in [0.29, 0.717) is 0 Å². The van der Waals surface area contributed by atoms with Crippen LogP contribution >= 0.6 is 11.3 Å². The van der Waals surface area contributed by atoms with Gasteiger partial charge in [-0.3, -0.25) is 4.79 Å². The highest BCUT2D eigenvalue weighted by Crippen LogP contribution is 2.14. The number of carboxylic acids is 1. The number of aromatic nitrogens is 1. The van der Waals surface area contributed by atoms with Gasteiger partial charge in [-0.15, -0.1) is 17.8 Å². The van der Waals surface area contributed by atoms with Gasteiger partial charge in [0.25, 0.3) is 0 Å². The zero-order chi connectivity index (χ0) is 13.5. The van der Waals surface area contributed by atoms with Crippen LogP contribution in [0.3, 0.4) is 0 Å². The van der Waals surface area contributed by atoms with Gasteiger partial charge in [-0.2, -0.15) is 0 Å². The average Bonchev–Trinajstić information content (AvgIpc) is 2.81. The van der Waals surface area contributed by atoms with E-state index >= 15 is 0 Å². The first kappa shape index (κ1) is 14.0. The fraction of sp³-hybridized carbons (Fsp3) is 0.364. The normalized spacial score (nSPS) is 11.3. The van der Waals surface area contributed by atoms with E-state index in [2.05, 4.69) is 16.2 Å². The summed E-state index contributed by atoms with van der Waals surface area (Å²) in [4.78, 5) is 27.5. The Morgan fingerprint density at radius 1 is 1.72 bits per heavy atom. The van der Waals surface area contributed by atoms with E-state index in [-0.39, 0.29) is 12.6 Å². The van der Waals surface area contributed by atoms with E-state index in [9.17, 15) is 9.59 Å². The Labute approximate surface area is 109 Å². The molecule has 0 aliphatic heterocycles. The molecule has 1 aromatic rings. The molecule has 1 unspecified atom stereocenters. The number of nitrogens with zero attached hydrogens (tertiary/aromatic N) is 2. The van der Waals surface area contributed by atoms with Gasteiger partial charge in [0.1, 0.15) is 11.6 Å². The van der Waals surface area contributed by atoms with Gasteiger partial charge in [-0.25, -0.2) is 9.78 Å². The lowest BCUT2D eigenvalue weighted by molar-refractivity contribution is -0.137. The van der Waals surface area contributed by atoms with Crippen molar-refractivity contribution < 1.29 is 14.7 Å². The summed E-state index contributed by atoms with van der Waals surface area (Å²) in [5, 5.41) is 13.9. The molecule has 0 aliphatic carbocycles. The van der Waals surface area contributed by atoms with Crippen LogP contribution < -0.4 is 5.32 Å². The van der Waals surface area contributed by atoms with E-state index in [0.717, 1.165) is 9.91 Å². The van der Waals surface area contributed by atoms with Crippen molar-refractivity contribution in [3.63, 3.8) is 0 Å². The highest BCUT2D eigenvalue weighted by atomic mass is 32.1. The summed E-state index contributed by atoms with van der Waals surface area (Å²) >= 11 is 1.41. The van der Waals surface area contributed by atoms with E-state index in [1.165, 1.54) is 11.3 Å². The van der Waals surface area contributed by atoms with E-state index < -0.39 is 18.5 Å². The van der Waals surface area contributed by atoms with Crippen LogP contribution in [0.1, 0.15) is 18.0 Å². The lowest BCUT2D eigenvalue weighted by Crippen LogP contribution is -2.43. The van der Waals surface area contributed by atoms with Crippen molar-refractivity contribution in [1.29, 1.82) is 0 Å². The number of carbonyl (C=O) groups excluding carboxylic acids is 1. The maximum atomic E-state index is 11.8. The second-order valence-corrected chi connectivity index (χ2v) is 4.42. The molecule has 0 aromatic carbocycles. The van der Waals surface area contributed by atoms with Gasteiger partial charge in [0.15, 0.2) is 0 Å². The molecule has 0 fully saturated rings. The van der Waals surface area contributed by atoms with Crippen molar-refractivity contribution >= 4 is 23.3 Å². The fourth-order valence-corrected chi connectivity index (χ4v) is 1.91. The lowest BCUT2D eigenvalue weighted by Gasteiger charge is -2.20. The van der Waals surface area contributed by atoms with Crippen LogP contribution in [0.25, 0.3) is 0 Å². The average molecular weight is 267 g/mol. The minimum absolute atomic E-state index is 0.0529. The highest BCUT2D eigenvalue weighted by molar-refractivity contribution is 7.09. The van der Waals surface area contributed by atoms with Crippen LogP contribution in [0.2, 0.25) is 0 Å². The maximum Gasteiger partial charge on any atom is 0.323 e. The summed E-state index contributed by atoms with van der Waals surface area (Å²) in [6, 6.07) is -0.801. The number of aliphatic carboxylic acids is 1. The van der Waals surface area contributed by atoms with Gasteiger partial charge in [0.05, 0.1) is 12.6 Å². The number of rotatable bonds is 5. The topological polar surface area (TPSA) is 82.5 Å². The minimum Gasteiger partial charge on any atom is -0.480 e. The molecule has 96 valence electrons. The summed E-state index contributed by atoms with van der Waals surface area (Å²) in [5.74, 6) is 1.14. The summed E-state index contributed by atoms with van der Waals surface area (Å²) in [6.07, 6.45) is 6.73. The van der Waals surface area contributed by atoms with Crippen molar-refractivity contribution in [2.24, 2.45) is 0 Å². The molecule has 0 radical (unpaired) electrons. The zero-order valence-corrected chi connectivity index (χ0v) is 10.6. The molecular weight excluding hydrogens is 254 g/mol. The molecule has 18 heavy (non-hydrogen) atoms. The molecule has 1 rings (SSSR count). The first-order chi connectivity index (χ1) is 8.54. The molecule has 6 nitrogen and oxygen atoms in total. The third kappa shape index (κ3) is 4.07. The van der Waals surface area contributed by atoms with Crippen LogP contribution in [0, 0.1) is 12.3 Å². The van der Waals surface area contributed by atoms with Crippen LogP contribution in [0.15, 0.2) is 11.6 Å². The summed E-state index contributed by atoms with van der Waals surface area (Å²) in [6.45, 7) is 1.29. The minimum atomic E-state index is -1.11. The van der Waals surface area contributed by atoms with Gasteiger partial charge in [-0.1, -0.05) is 5.92 Å². The van der Waals surface area contributed by atoms with E-state index in [4.69, 9.17) is 11.5 Å². The summed E-state index contributed by atoms with van der Waals surface area (Å²) < 4.78 is 0. The number of carbonyl (C=O) groups is 2. The molecule has 0 spiro atoms. The summed E-state index contributed by atoms with van der Waals surface area (Å²) in [5.41, 5.74) is 0. The maximum absolute atomic E-state index is 11.8. The van der Waals surface area contributed by atoms with Gasteiger partial charge < -0.3 is 15.3 Å². The number of nitrogens with one attached hydrogen (secondary N) is 1. The van der Waals surface area contributed by atoms with Crippen LogP contribution in [-0.2, 0) is 4.79 Å². The molecule has 0 bridgehead atoms. The molecule has 0 saturated heterocycles. The number of urea groups is 1. The predicted molar refractivity (Wildman–Crippen MR) is 67.1 cm³/mol. The molecule has 1 aromatic heterocycles. The first-order valence-corrected chi connectivity index (χ1v) is 6.02. The number of amides is 2. The quantitative estimate of drug-likeness (QED) is 0.778. The molecule has 1 heterocycles. The zero-order valence-electron chi connectivity index (χ0n) is 9.79. The molecule has 0 aliphatic rings. The van der Waals surface area contributed by atoms with Crippen molar-refractivity contribution in [2.45, 2.75) is 13.0 Å². The molecule has 7 heteroatoms. The standard InChI is InChI=1S/C11H13N3O3S/c1-3-5-14(7-9(15)16)11(17)13-8(2)10-12-4-6-18-10/h1,4,6,8H,5,7H2,2H3,(H,13,17)(H,15,16). The van der Waals surface area contributed by atoms with Crippen LogP contribution in [0.4, 0.5) is 4.79 Å².